The maximum Gasteiger partial charge on any atom is 0.323 e. The molecular formula is C13H21N3O4. The molecule has 3 amide bonds. The fourth-order valence-electron chi connectivity index (χ4n) is 3.37. The van der Waals surface area contributed by atoms with Crippen molar-refractivity contribution < 1.29 is 19.5 Å². The first-order valence-corrected chi connectivity index (χ1v) is 7.04. The number of carboxylic acids is 1. The summed E-state index contributed by atoms with van der Waals surface area (Å²) in [5, 5.41) is 8.86. The summed E-state index contributed by atoms with van der Waals surface area (Å²) in [6.45, 7) is -0.197. The van der Waals surface area contributed by atoms with E-state index >= 15 is 0 Å². The topological polar surface area (TPSA) is 104 Å². The Morgan fingerprint density at radius 2 is 1.85 bits per heavy atom. The largest absolute Gasteiger partial charge is 0.480 e. The number of primary amides is 1. The van der Waals surface area contributed by atoms with Gasteiger partial charge < -0.3 is 20.6 Å². The molecule has 2 rings (SSSR count). The van der Waals surface area contributed by atoms with E-state index in [9.17, 15) is 14.4 Å². The Bertz CT molecular complexity index is 396. The Labute approximate surface area is 117 Å². The highest BCUT2D eigenvalue weighted by atomic mass is 16.4. The first-order chi connectivity index (χ1) is 9.49. The van der Waals surface area contributed by atoms with Crippen LogP contribution in [0.2, 0.25) is 0 Å². The SMILES string of the molecule is NC(=O)CN(CC(=O)O)C(=O)N1CCC2CCCCC21. The molecule has 0 aromatic carbocycles. The van der Waals surface area contributed by atoms with Gasteiger partial charge in [0, 0.05) is 12.6 Å². The molecule has 112 valence electrons. The molecule has 0 spiro atoms. The molecular weight excluding hydrogens is 262 g/mol. The Balaban J connectivity index is 2.06. The Morgan fingerprint density at radius 1 is 1.15 bits per heavy atom. The third-order valence-electron chi connectivity index (χ3n) is 4.20. The van der Waals surface area contributed by atoms with Gasteiger partial charge in [0.1, 0.15) is 13.1 Å². The summed E-state index contributed by atoms with van der Waals surface area (Å²) in [7, 11) is 0. The first kappa shape index (κ1) is 14.6. The van der Waals surface area contributed by atoms with Crippen molar-refractivity contribution in [2.45, 2.75) is 38.1 Å². The minimum absolute atomic E-state index is 0.195. The number of rotatable bonds is 4. The standard InChI is InChI=1S/C13H21N3O4/c14-11(17)7-15(8-12(18)19)13(20)16-6-5-9-3-1-2-4-10(9)16/h9-10H,1-8H2,(H2,14,17)(H,18,19). The monoisotopic (exact) mass is 283 g/mol. The van der Waals surface area contributed by atoms with Gasteiger partial charge in [-0.15, -0.1) is 0 Å². The van der Waals surface area contributed by atoms with Crippen LogP contribution >= 0.6 is 0 Å². The van der Waals surface area contributed by atoms with Crippen LogP contribution in [0.4, 0.5) is 4.79 Å². The van der Waals surface area contributed by atoms with E-state index in [4.69, 9.17) is 10.8 Å². The smallest absolute Gasteiger partial charge is 0.323 e. The van der Waals surface area contributed by atoms with Crippen LogP contribution in [0.5, 0.6) is 0 Å². The van der Waals surface area contributed by atoms with E-state index in [1.54, 1.807) is 4.90 Å². The predicted molar refractivity (Wildman–Crippen MR) is 70.9 cm³/mol. The van der Waals surface area contributed by atoms with Gasteiger partial charge in [0.2, 0.25) is 5.91 Å². The molecule has 2 aliphatic rings. The number of hydrogen-bond acceptors (Lipinski definition) is 3. The summed E-state index contributed by atoms with van der Waals surface area (Å²) in [6, 6.07) is -0.180. The zero-order valence-corrected chi connectivity index (χ0v) is 11.5. The van der Waals surface area contributed by atoms with Crippen molar-refractivity contribution in [3.05, 3.63) is 0 Å². The lowest BCUT2D eigenvalue weighted by molar-refractivity contribution is -0.138. The summed E-state index contributed by atoms with van der Waals surface area (Å²) in [6.07, 6.45) is 5.36. The number of hydrogen-bond donors (Lipinski definition) is 2. The van der Waals surface area contributed by atoms with Crippen LogP contribution in [0, 0.1) is 5.92 Å². The molecule has 1 saturated heterocycles. The van der Waals surface area contributed by atoms with E-state index in [-0.39, 0.29) is 18.6 Å². The number of likely N-dealkylation sites (tertiary alicyclic amines) is 1. The molecule has 2 fully saturated rings. The average Bonchev–Trinajstić information content (AvgIpc) is 2.79. The normalized spacial score (nSPS) is 25.1. The van der Waals surface area contributed by atoms with Crippen molar-refractivity contribution >= 4 is 17.9 Å². The number of carbonyl (C=O) groups is 3. The number of amides is 3. The lowest BCUT2D eigenvalue weighted by Crippen LogP contribution is -2.51. The zero-order valence-electron chi connectivity index (χ0n) is 11.5. The number of nitrogens with zero attached hydrogens (tertiary/aromatic N) is 2. The molecule has 7 nitrogen and oxygen atoms in total. The van der Waals surface area contributed by atoms with Crippen molar-refractivity contribution in [1.29, 1.82) is 0 Å². The number of carbonyl (C=O) groups excluding carboxylic acids is 2. The summed E-state index contributed by atoms with van der Waals surface area (Å²) >= 11 is 0. The second-order valence-corrected chi connectivity index (χ2v) is 5.59. The van der Waals surface area contributed by atoms with E-state index in [0.29, 0.717) is 12.5 Å². The van der Waals surface area contributed by atoms with Crippen LogP contribution in [0.1, 0.15) is 32.1 Å². The van der Waals surface area contributed by atoms with Gasteiger partial charge in [0.05, 0.1) is 0 Å². The molecule has 1 aliphatic heterocycles. The molecule has 20 heavy (non-hydrogen) atoms. The summed E-state index contributed by atoms with van der Waals surface area (Å²) in [5.41, 5.74) is 5.09. The molecule has 0 aromatic rings. The highest BCUT2D eigenvalue weighted by molar-refractivity contribution is 5.86. The van der Waals surface area contributed by atoms with E-state index < -0.39 is 18.4 Å². The van der Waals surface area contributed by atoms with Gasteiger partial charge >= 0.3 is 12.0 Å². The van der Waals surface area contributed by atoms with Crippen LogP contribution < -0.4 is 5.73 Å². The lowest BCUT2D eigenvalue weighted by Gasteiger charge is -2.34. The van der Waals surface area contributed by atoms with Gasteiger partial charge in [0.15, 0.2) is 0 Å². The second-order valence-electron chi connectivity index (χ2n) is 5.59. The van der Waals surface area contributed by atoms with Gasteiger partial charge in [0.25, 0.3) is 0 Å². The van der Waals surface area contributed by atoms with Crippen molar-refractivity contribution in [1.82, 2.24) is 9.80 Å². The third kappa shape index (κ3) is 3.20. The molecule has 3 N–H and O–H groups in total. The Kier molecular flexibility index (Phi) is 4.46. The fraction of sp³-hybridized carbons (Fsp3) is 0.769. The molecule has 7 heteroatoms. The van der Waals surface area contributed by atoms with Crippen LogP contribution in [0.25, 0.3) is 0 Å². The summed E-state index contributed by atoms with van der Waals surface area (Å²) in [4.78, 5) is 37.1. The molecule has 1 heterocycles. The number of urea groups is 1. The lowest BCUT2D eigenvalue weighted by atomic mass is 9.85. The number of carboxylic acid groups (broad SMARTS) is 1. The minimum atomic E-state index is -1.14. The molecule has 1 aliphatic carbocycles. The maximum absolute atomic E-state index is 12.5. The van der Waals surface area contributed by atoms with Gasteiger partial charge in [-0.25, -0.2) is 4.79 Å². The Hall–Kier alpha value is -1.79. The first-order valence-electron chi connectivity index (χ1n) is 7.04. The highest BCUT2D eigenvalue weighted by Gasteiger charge is 2.40. The van der Waals surface area contributed by atoms with Crippen molar-refractivity contribution in [2.75, 3.05) is 19.6 Å². The number of nitrogens with two attached hydrogens (primary N) is 1. The molecule has 2 atom stereocenters. The van der Waals surface area contributed by atoms with E-state index in [1.165, 1.54) is 6.42 Å². The summed E-state index contributed by atoms with van der Waals surface area (Å²) < 4.78 is 0. The maximum atomic E-state index is 12.5. The third-order valence-corrected chi connectivity index (χ3v) is 4.20. The summed E-state index contributed by atoms with van der Waals surface area (Å²) in [5.74, 6) is -1.31. The molecule has 0 bridgehead atoms. The number of fused-ring (bicyclic) bond motifs is 1. The van der Waals surface area contributed by atoms with Crippen LogP contribution in [0.3, 0.4) is 0 Å². The van der Waals surface area contributed by atoms with E-state index in [0.717, 1.165) is 30.6 Å². The second kappa shape index (κ2) is 6.11. The van der Waals surface area contributed by atoms with Crippen molar-refractivity contribution in [2.24, 2.45) is 11.7 Å². The van der Waals surface area contributed by atoms with Crippen LogP contribution in [0.15, 0.2) is 0 Å². The van der Waals surface area contributed by atoms with Gasteiger partial charge in [-0.05, 0) is 25.2 Å². The molecule has 0 radical (unpaired) electrons. The number of aliphatic carboxylic acids is 1. The van der Waals surface area contributed by atoms with E-state index in [2.05, 4.69) is 0 Å². The van der Waals surface area contributed by atoms with Gasteiger partial charge in [-0.3, -0.25) is 9.59 Å². The van der Waals surface area contributed by atoms with Crippen molar-refractivity contribution in [3.63, 3.8) is 0 Å². The highest BCUT2D eigenvalue weighted by Crippen LogP contribution is 2.36. The zero-order chi connectivity index (χ0) is 14.7. The molecule has 0 aromatic heterocycles. The molecule has 2 unspecified atom stereocenters. The van der Waals surface area contributed by atoms with Gasteiger partial charge in [-0.1, -0.05) is 12.8 Å². The molecule has 1 saturated carbocycles. The quantitative estimate of drug-likeness (QED) is 0.771. The van der Waals surface area contributed by atoms with Crippen LogP contribution in [-0.2, 0) is 9.59 Å². The predicted octanol–water partition coefficient (Wildman–Crippen LogP) is 0.243. The van der Waals surface area contributed by atoms with Crippen LogP contribution in [-0.4, -0.2) is 58.5 Å². The van der Waals surface area contributed by atoms with Crippen molar-refractivity contribution in [3.8, 4) is 0 Å². The minimum Gasteiger partial charge on any atom is -0.480 e. The average molecular weight is 283 g/mol. The fourth-order valence-corrected chi connectivity index (χ4v) is 3.37. The van der Waals surface area contributed by atoms with Gasteiger partial charge in [-0.2, -0.15) is 0 Å². The van der Waals surface area contributed by atoms with E-state index in [1.807, 2.05) is 0 Å². The Morgan fingerprint density at radius 3 is 2.50 bits per heavy atom.